The van der Waals surface area contributed by atoms with Crippen LogP contribution >= 0.6 is 23.2 Å². The van der Waals surface area contributed by atoms with Crippen LogP contribution in [-0.4, -0.2) is 15.9 Å². The number of carbonyl (C=O) groups is 1. The fourth-order valence-corrected chi connectivity index (χ4v) is 2.83. The number of halogens is 2. The van der Waals surface area contributed by atoms with Gasteiger partial charge in [0.15, 0.2) is 0 Å². The van der Waals surface area contributed by atoms with Gasteiger partial charge in [-0.2, -0.15) is 0 Å². The highest BCUT2D eigenvalue weighted by Gasteiger charge is 2.12. The van der Waals surface area contributed by atoms with Gasteiger partial charge in [-0.1, -0.05) is 23.2 Å². The smallest absolute Gasteiger partial charge is 0.237 e. The Kier molecular flexibility index (Phi) is 5.22. The van der Waals surface area contributed by atoms with Crippen LogP contribution in [0.5, 0.6) is 0 Å². The third kappa shape index (κ3) is 4.46. The number of rotatable bonds is 4. The second-order valence-corrected chi connectivity index (χ2v) is 6.55. The van der Waals surface area contributed by atoms with Crippen LogP contribution in [0.4, 0.5) is 11.4 Å². The molecule has 1 atom stereocenters. The highest BCUT2D eigenvalue weighted by Crippen LogP contribution is 2.23. The fourth-order valence-electron chi connectivity index (χ4n) is 1.61. The fraction of sp³-hybridized carbons (Fsp3) is 0.0714. The molecule has 4 nitrogen and oxygen atoms in total. The molecule has 1 unspecified atom stereocenters. The van der Waals surface area contributed by atoms with Crippen molar-refractivity contribution in [2.24, 2.45) is 0 Å². The summed E-state index contributed by atoms with van der Waals surface area (Å²) in [5.41, 5.74) is 6.53. The molecule has 21 heavy (non-hydrogen) atoms. The van der Waals surface area contributed by atoms with Gasteiger partial charge in [0.1, 0.15) is 5.75 Å². The summed E-state index contributed by atoms with van der Waals surface area (Å²) in [4.78, 5) is 12.4. The zero-order valence-electron chi connectivity index (χ0n) is 10.8. The summed E-state index contributed by atoms with van der Waals surface area (Å²) < 4.78 is 12.1. The highest BCUT2D eigenvalue weighted by atomic mass is 35.5. The third-order valence-corrected chi connectivity index (χ3v) is 4.44. The van der Waals surface area contributed by atoms with E-state index in [4.69, 9.17) is 28.9 Å². The monoisotopic (exact) mass is 342 g/mol. The molecule has 0 aliphatic carbocycles. The maximum absolute atomic E-state index is 12.1. The van der Waals surface area contributed by atoms with Crippen LogP contribution in [-0.2, 0) is 15.6 Å². The minimum absolute atomic E-state index is 0.173. The molecular formula is C14H12Cl2N2O2S. The molecule has 0 aliphatic heterocycles. The summed E-state index contributed by atoms with van der Waals surface area (Å²) in [6, 6.07) is 11.3. The van der Waals surface area contributed by atoms with Crippen LogP contribution in [0.3, 0.4) is 0 Å². The number of nitrogen functional groups attached to an aromatic ring is 1. The van der Waals surface area contributed by atoms with E-state index >= 15 is 0 Å². The van der Waals surface area contributed by atoms with Crippen molar-refractivity contribution in [2.75, 3.05) is 16.8 Å². The van der Waals surface area contributed by atoms with Crippen LogP contribution in [0.2, 0.25) is 10.0 Å². The second kappa shape index (κ2) is 6.93. The summed E-state index contributed by atoms with van der Waals surface area (Å²) in [5, 5.41) is 3.60. The average Bonchev–Trinajstić information content (AvgIpc) is 2.43. The molecule has 0 saturated carbocycles. The molecule has 3 N–H and O–H groups in total. The molecule has 0 aliphatic rings. The van der Waals surface area contributed by atoms with Gasteiger partial charge >= 0.3 is 0 Å². The van der Waals surface area contributed by atoms with Gasteiger partial charge in [-0.25, -0.2) is 0 Å². The molecule has 0 aromatic heterocycles. The average molecular weight is 343 g/mol. The van der Waals surface area contributed by atoms with Crippen LogP contribution in [0.15, 0.2) is 47.4 Å². The number of anilines is 2. The van der Waals surface area contributed by atoms with E-state index in [0.29, 0.717) is 26.3 Å². The normalized spacial score (nSPS) is 11.9. The van der Waals surface area contributed by atoms with E-state index < -0.39 is 16.7 Å². The largest absolute Gasteiger partial charge is 0.397 e. The number of benzene rings is 2. The molecule has 1 amide bonds. The third-order valence-electron chi connectivity index (χ3n) is 2.63. The van der Waals surface area contributed by atoms with Crippen molar-refractivity contribution in [2.45, 2.75) is 4.90 Å². The van der Waals surface area contributed by atoms with Crippen LogP contribution < -0.4 is 11.1 Å². The maximum atomic E-state index is 12.1. The molecule has 0 fully saturated rings. The minimum atomic E-state index is -1.45. The van der Waals surface area contributed by atoms with Gasteiger partial charge in [-0.3, -0.25) is 9.00 Å². The zero-order valence-corrected chi connectivity index (χ0v) is 13.1. The number of amides is 1. The van der Waals surface area contributed by atoms with E-state index in [1.54, 1.807) is 42.5 Å². The molecular weight excluding hydrogens is 331 g/mol. The second-order valence-electron chi connectivity index (χ2n) is 4.22. The van der Waals surface area contributed by atoms with Gasteiger partial charge < -0.3 is 11.1 Å². The van der Waals surface area contributed by atoms with Crippen LogP contribution in [0.25, 0.3) is 0 Å². The predicted molar refractivity (Wildman–Crippen MR) is 87.2 cm³/mol. The number of carbonyl (C=O) groups excluding carboxylic acids is 1. The van der Waals surface area contributed by atoms with Crippen molar-refractivity contribution in [3.05, 3.63) is 52.5 Å². The van der Waals surface area contributed by atoms with E-state index in [9.17, 15) is 9.00 Å². The van der Waals surface area contributed by atoms with Gasteiger partial charge in [0.2, 0.25) is 5.91 Å². The highest BCUT2D eigenvalue weighted by molar-refractivity contribution is 7.85. The summed E-state index contributed by atoms with van der Waals surface area (Å²) in [6.07, 6.45) is 0. The van der Waals surface area contributed by atoms with Gasteiger partial charge in [0, 0.05) is 14.9 Å². The van der Waals surface area contributed by atoms with Crippen molar-refractivity contribution in [1.29, 1.82) is 0 Å². The topological polar surface area (TPSA) is 72.2 Å². The Morgan fingerprint density at radius 3 is 2.38 bits per heavy atom. The molecule has 7 heteroatoms. The van der Waals surface area contributed by atoms with Crippen LogP contribution in [0.1, 0.15) is 0 Å². The molecule has 0 saturated heterocycles. The number of nitrogens with two attached hydrogens (primary N) is 1. The molecule has 2 aromatic rings. The Labute approximate surface area is 134 Å². The Hall–Kier alpha value is -1.56. The Bertz CT molecular complexity index is 690. The van der Waals surface area contributed by atoms with E-state index in [2.05, 4.69) is 5.32 Å². The van der Waals surface area contributed by atoms with Crippen molar-refractivity contribution in [1.82, 2.24) is 0 Å². The number of hydrogen-bond acceptors (Lipinski definition) is 3. The number of hydrogen-bond donors (Lipinski definition) is 2. The van der Waals surface area contributed by atoms with Crippen molar-refractivity contribution >= 4 is 51.3 Å². The quantitative estimate of drug-likeness (QED) is 0.837. The SMILES string of the molecule is Nc1ccc(Cl)cc1NC(=O)CS(=O)c1ccc(Cl)cc1. The summed E-state index contributed by atoms with van der Waals surface area (Å²) in [5.74, 6) is -0.578. The first-order chi connectivity index (χ1) is 9.95. The van der Waals surface area contributed by atoms with Crippen LogP contribution in [0, 0.1) is 0 Å². The van der Waals surface area contributed by atoms with Gasteiger partial charge in [-0.05, 0) is 42.5 Å². The Morgan fingerprint density at radius 1 is 1.10 bits per heavy atom. The molecule has 0 radical (unpaired) electrons. The lowest BCUT2D eigenvalue weighted by molar-refractivity contribution is -0.113. The standard InChI is InChI=1S/C14H12Cl2N2O2S/c15-9-1-4-11(5-2-9)21(20)8-14(19)18-13-7-10(16)3-6-12(13)17/h1-7H,8,17H2,(H,18,19). The Balaban J connectivity index is 2.03. The first-order valence-electron chi connectivity index (χ1n) is 5.94. The molecule has 0 spiro atoms. The lowest BCUT2D eigenvalue weighted by Gasteiger charge is -2.08. The number of nitrogens with one attached hydrogen (secondary N) is 1. The first-order valence-corrected chi connectivity index (χ1v) is 8.02. The van der Waals surface area contributed by atoms with Gasteiger partial charge in [0.05, 0.1) is 22.2 Å². The molecule has 110 valence electrons. The lowest BCUT2D eigenvalue weighted by atomic mass is 10.2. The zero-order chi connectivity index (χ0) is 15.4. The summed E-state index contributed by atoms with van der Waals surface area (Å²) >= 11 is 11.6. The summed E-state index contributed by atoms with van der Waals surface area (Å²) in [7, 11) is -1.45. The van der Waals surface area contributed by atoms with E-state index in [0.717, 1.165) is 0 Å². The molecule has 0 bridgehead atoms. The van der Waals surface area contributed by atoms with Crippen molar-refractivity contribution in [3.8, 4) is 0 Å². The predicted octanol–water partition coefficient (Wildman–Crippen LogP) is 3.32. The van der Waals surface area contributed by atoms with E-state index in [1.807, 2.05) is 0 Å². The van der Waals surface area contributed by atoms with Gasteiger partial charge in [-0.15, -0.1) is 0 Å². The lowest BCUT2D eigenvalue weighted by Crippen LogP contribution is -2.20. The van der Waals surface area contributed by atoms with Crippen molar-refractivity contribution in [3.63, 3.8) is 0 Å². The minimum Gasteiger partial charge on any atom is -0.397 e. The Morgan fingerprint density at radius 2 is 1.71 bits per heavy atom. The van der Waals surface area contributed by atoms with E-state index in [-0.39, 0.29) is 5.75 Å². The maximum Gasteiger partial charge on any atom is 0.237 e. The van der Waals surface area contributed by atoms with E-state index in [1.165, 1.54) is 0 Å². The first kappa shape index (κ1) is 15.8. The molecule has 0 heterocycles. The van der Waals surface area contributed by atoms with Gasteiger partial charge in [0.25, 0.3) is 0 Å². The molecule has 2 rings (SSSR count). The van der Waals surface area contributed by atoms with Crippen molar-refractivity contribution < 1.29 is 9.00 Å². The summed E-state index contributed by atoms with van der Waals surface area (Å²) in [6.45, 7) is 0. The molecule has 2 aromatic carbocycles.